The molecule has 1 heterocycles. The Morgan fingerprint density at radius 2 is 1.61 bits per heavy atom. The smallest absolute Gasteiger partial charge is 0.305 e. The average molecular weight is 488 g/mol. The van der Waals surface area contributed by atoms with E-state index in [1.165, 1.54) is 16.7 Å². The zero-order chi connectivity index (χ0) is 25.2. The van der Waals surface area contributed by atoms with Crippen molar-refractivity contribution >= 4 is 5.97 Å². The molecule has 5 nitrogen and oxygen atoms in total. The van der Waals surface area contributed by atoms with Gasteiger partial charge in [0.1, 0.15) is 12.4 Å². The Morgan fingerprint density at radius 1 is 0.917 bits per heavy atom. The maximum Gasteiger partial charge on any atom is 0.305 e. The summed E-state index contributed by atoms with van der Waals surface area (Å²) in [4.78, 5) is 13.1. The Bertz CT molecular complexity index is 1090. The van der Waals surface area contributed by atoms with Crippen LogP contribution in [0.3, 0.4) is 0 Å². The number of hydrogen-bond donors (Lipinski definition) is 1. The lowest BCUT2D eigenvalue weighted by atomic mass is 9.67. The molecule has 3 aromatic carbocycles. The molecule has 5 heteroatoms. The predicted octanol–water partition coefficient (Wildman–Crippen LogP) is 5.70. The van der Waals surface area contributed by atoms with Crippen LogP contribution in [0.2, 0.25) is 0 Å². The van der Waals surface area contributed by atoms with Crippen LogP contribution in [-0.2, 0) is 28.0 Å². The molecule has 1 N–H and O–H groups in total. The van der Waals surface area contributed by atoms with Gasteiger partial charge in [0, 0.05) is 17.6 Å². The summed E-state index contributed by atoms with van der Waals surface area (Å²) in [6.07, 6.45) is 3.85. The first-order chi connectivity index (χ1) is 17.6. The number of rotatable bonds is 12. The lowest BCUT2D eigenvalue weighted by Gasteiger charge is -2.42. The molecular formula is C31H37NO4. The standard InChI is InChI=1S/C31H37NO4/c1-32-19-17-31(18-20-32,27-12-6-3-7-13-27)28-23-25(11-8-21-35-22-16-30(33)34)14-15-29(28)36-24-26-9-4-2-5-10-26/h2-7,9-10,12-15,23H,8,11,16-22,24H2,1H3,(H,33,34). The largest absolute Gasteiger partial charge is 0.489 e. The third-order valence-corrected chi connectivity index (χ3v) is 7.18. The summed E-state index contributed by atoms with van der Waals surface area (Å²) in [5, 5.41) is 8.78. The van der Waals surface area contributed by atoms with Gasteiger partial charge in [0.25, 0.3) is 0 Å². The second-order valence-corrected chi connectivity index (χ2v) is 9.72. The topological polar surface area (TPSA) is 59.0 Å². The molecule has 0 radical (unpaired) electrons. The van der Waals surface area contributed by atoms with Crippen LogP contribution in [0, 0.1) is 0 Å². The van der Waals surface area contributed by atoms with Gasteiger partial charge in [0.2, 0.25) is 0 Å². The maximum absolute atomic E-state index is 10.7. The predicted molar refractivity (Wildman–Crippen MR) is 143 cm³/mol. The van der Waals surface area contributed by atoms with E-state index >= 15 is 0 Å². The molecule has 1 aliphatic heterocycles. The van der Waals surface area contributed by atoms with Crippen LogP contribution in [0.15, 0.2) is 78.9 Å². The number of carboxylic acid groups (broad SMARTS) is 1. The molecule has 0 saturated carbocycles. The molecule has 0 atom stereocenters. The van der Waals surface area contributed by atoms with E-state index in [2.05, 4.69) is 72.6 Å². The minimum absolute atomic E-state index is 0.0473. The monoisotopic (exact) mass is 487 g/mol. The minimum atomic E-state index is -0.824. The number of benzene rings is 3. The third kappa shape index (κ3) is 6.74. The van der Waals surface area contributed by atoms with E-state index in [0.29, 0.717) is 13.2 Å². The van der Waals surface area contributed by atoms with Crippen LogP contribution in [0.1, 0.15) is 47.9 Å². The average Bonchev–Trinajstić information content (AvgIpc) is 2.91. The van der Waals surface area contributed by atoms with Gasteiger partial charge in [-0.05, 0) is 68.6 Å². The zero-order valence-corrected chi connectivity index (χ0v) is 21.2. The lowest BCUT2D eigenvalue weighted by Crippen LogP contribution is -2.42. The molecule has 0 aliphatic carbocycles. The Morgan fingerprint density at radius 3 is 2.31 bits per heavy atom. The zero-order valence-electron chi connectivity index (χ0n) is 21.2. The summed E-state index contributed by atoms with van der Waals surface area (Å²) in [7, 11) is 2.20. The normalized spacial score (nSPS) is 15.5. The van der Waals surface area contributed by atoms with Crippen LogP contribution < -0.4 is 4.74 Å². The van der Waals surface area contributed by atoms with E-state index in [9.17, 15) is 4.79 Å². The first-order valence-electron chi connectivity index (χ1n) is 12.9. The lowest BCUT2D eigenvalue weighted by molar-refractivity contribution is -0.138. The second kappa shape index (κ2) is 12.7. The molecule has 0 spiro atoms. The van der Waals surface area contributed by atoms with Crippen molar-refractivity contribution < 1.29 is 19.4 Å². The molecule has 0 aromatic heterocycles. The van der Waals surface area contributed by atoms with Gasteiger partial charge in [0.05, 0.1) is 13.0 Å². The van der Waals surface area contributed by atoms with Crippen molar-refractivity contribution in [1.82, 2.24) is 4.90 Å². The molecule has 0 bridgehead atoms. The van der Waals surface area contributed by atoms with Crippen LogP contribution in [0.4, 0.5) is 0 Å². The number of hydrogen-bond acceptors (Lipinski definition) is 4. The number of ether oxygens (including phenoxy) is 2. The Balaban J connectivity index is 1.60. The highest BCUT2D eigenvalue weighted by Crippen LogP contribution is 2.46. The fraction of sp³-hybridized carbons (Fsp3) is 0.387. The summed E-state index contributed by atoms with van der Waals surface area (Å²) in [6.45, 7) is 3.43. The van der Waals surface area contributed by atoms with E-state index in [1.807, 2.05) is 18.2 Å². The Labute approximate surface area is 214 Å². The van der Waals surface area contributed by atoms with Crippen molar-refractivity contribution in [3.63, 3.8) is 0 Å². The van der Waals surface area contributed by atoms with Gasteiger partial charge in [-0.2, -0.15) is 0 Å². The number of carbonyl (C=O) groups is 1. The van der Waals surface area contributed by atoms with Crippen molar-refractivity contribution in [2.75, 3.05) is 33.4 Å². The molecule has 4 rings (SSSR count). The summed E-state index contributed by atoms with van der Waals surface area (Å²) < 4.78 is 12.0. The quantitative estimate of drug-likeness (QED) is 0.332. The summed E-state index contributed by atoms with van der Waals surface area (Å²) in [5.41, 5.74) is 4.92. The number of aryl methyl sites for hydroxylation is 1. The van der Waals surface area contributed by atoms with Gasteiger partial charge < -0.3 is 19.5 Å². The van der Waals surface area contributed by atoms with Crippen LogP contribution in [0.25, 0.3) is 0 Å². The van der Waals surface area contributed by atoms with E-state index in [0.717, 1.165) is 50.1 Å². The summed E-state index contributed by atoms with van der Waals surface area (Å²) in [5.74, 6) is 0.129. The van der Waals surface area contributed by atoms with Gasteiger partial charge in [-0.25, -0.2) is 0 Å². The second-order valence-electron chi connectivity index (χ2n) is 9.72. The van der Waals surface area contributed by atoms with Crippen molar-refractivity contribution in [1.29, 1.82) is 0 Å². The highest BCUT2D eigenvalue weighted by Gasteiger charge is 2.39. The SMILES string of the molecule is CN1CCC(c2ccccc2)(c2cc(CCCOCCC(=O)O)ccc2OCc2ccccc2)CC1. The molecule has 1 fully saturated rings. The number of piperidine rings is 1. The van der Waals surface area contributed by atoms with E-state index in [1.54, 1.807) is 0 Å². The summed E-state index contributed by atoms with van der Waals surface area (Å²) in [6, 6.07) is 27.8. The highest BCUT2D eigenvalue weighted by molar-refractivity contribution is 5.66. The van der Waals surface area contributed by atoms with Crippen molar-refractivity contribution in [2.45, 2.75) is 44.1 Å². The first-order valence-corrected chi connectivity index (χ1v) is 12.9. The third-order valence-electron chi connectivity index (χ3n) is 7.18. The van der Waals surface area contributed by atoms with E-state index in [4.69, 9.17) is 14.6 Å². The number of likely N-dealkylation sites (tertiary alicyclic amines) is 1. The molecule has 190 valence electrons. The fourth-order valence-corrected chi connectivity index (χ4v) is 5.08. The minimum Gasteiger partial charge on any atom is -0.489 e. The van der Waals surface area contributed by atoms with Crippen LogP contribution in [-0.4, -0.2) is 49.3 Å². The molecule has 3 aromatic rings. The van der Waals surface area contributed by atoms with Crippen molar-refractivity contribution in [3.8, 4) is 5.75 Å². The maximum atomic E-state index is 10.7. The van der Waals surface area contributed by atoms with Gasteiger partial charge in [0.15, 0.2) is 0 Å². The van der Waals surface area contributed by atoms with Gasteiger partial charge in [-0.15, -0.1) is 0 Å². The van der Waals surface area contributed by atoms with Gasteiger partial charge in [-0.1, -0.05) is 72.8 Å². The van der Waals surface area contributed by atoms with Gasteiger partial charge in [-0.3, -0.25) is 4.79 Å². The number of carboxylic acids is 1. The van der Waals surface area contributed by atoms with E-state index < -0.39 is 5.97 Å². The molecular weight excluding hydrogens is 450 g/mol. The summed E-state index contributed by atoms with van der Waals surface area (Å²) >= 11 is 0. The van der Waals surface area contributed by atoms with Gasteiger partial charge >= 0.3 is 5.97 Å². The molecule has 0 amide bonds. The Hall–Kier alpha value is -3.15. The highest BCUT2D eigenvalue weighted by atomic mass is 16.5. The van der Waals surface area contributed by atoms with Crippen LogP contribution in [0.5, 0.6) is 5.75 Å². The van der Waals surface area contributed by atoms with Crippen molar-refractivity contribution in [2.24, 2.45) is 0 Å². The van der Waals surface area contributed by atoms with E-state index in [-0.39, 0.29) is 18.4 Å². The molecule has 1 aliphatic rings. The number of aliphatic carboxylic acids is 1. The van der Waals surface area contributed by atoms with Crippen LogP contribution >= 0.6 is 0 Å². The number of nitrogens with zero attached hydrogens (tertiary/aromatic N) is 1. The molecule has 0 unspecified atom stereocenters. The first kappa shape index (κ1) is 25.9. The molecule has 36 heavy (non-hydrogen) atoms. The van der Waals surface area contributed by atoms with Crippen molar-refractivity contribution in [3.05, 3.63) is 101 Å². The molecule has 1 saturated heterocycles. The Kier molecular flexibility index (Phi) is 9.15. The fourth-order valence-electron chi connectivity index (χ4n) is 5.08.